The van der Waals surface area contributed by atoms with Gasteiger partial charge in [0.2, 0.25) is 0 Å². The monoisotopic (exact) mass is 216 g/mol. The fourth-order valence-electron chi connectivity index (χ4n) is 1.64. The van der Waals surface area contributed by atoms with Crippen molar-refractivity contribution in [2.45, 2.75) is 38.5 Å². The van der Waals surface area contributed by atoms with Crippen LogP contribution in [0, 0.1) is 0 Å². The molecular formula is C10H20N2O3. The van der Waals surface area contributed by atoms with Gasteiger partial charge in [-0.2, -0.15) is 0 Å². The highest BCUT2D eigenvalue weighted by molar-refractivity contribution is 5.81. The van der Waals surface area contributed by atoms with Gasteiger partial charge in [-0.3, -0.25) is 4.79 Å². The van der Waals surface area contributed by atoms with Crippen molar-refractivity contribution in [2.75, 3.05) is 19.7 Å². The number of hydrogen-bond donors (Lipinski definition) is 3. The molecule has 1 aliphatic rings. The summed E-state index contributed by atoms with van der Waals surface area (Å²) < 4.78 is 5.31. The first kappa shape index (κ1) is 12.4. The minimum absolute atomic E-state index is 0.0250. The van der Waals surface area contributed by atoms with Crippen LogP contribution in [-0.4, -0.2) is 49.0 Å². The fourth-order valence-corrected chi connectivity index (χ4v) is 1.64. The van der Waals surface area contributed by atoms with Crippen molar-refractivity contribution < 1.29 is 14.6 Å². The number of nitrogens with one attached hydrogen (secondary N) is 2. The van der Waals surface area contributed by atoms with E-state index in [-0.39, 0.29) is 11.9 Å². The number of carbonyl (C=O) groups is 1. The molecule has 3 N–H and O–H groups in total. The maximum Gasteiger partial charge on any atom is 0.250 e. The summed E-state index contributed by atoms with van der Waals surface area (Å²) in [5, 5.41) is 15.1. The molecule has 0 aliphatic carbocycles. The van der Waals surface area contributed by atoms with Gasteiger partial charge in [0.15, 0.2) is 0 Å². The highest BCUT2D eigenvalue weighted by Gasteiger charge is 2.22. The molecule has 3 unspecified atom stereocenters. The number of ether oxygens (including phenoxy) is 1. The maximum absolute atomic E-state index is 11.6. The molecule has 15 heavy (non-hydrogen) atoms. The van der Waals surface area contributed by atoms with E-state index in [1.165, 1.54) is 0 Å². The quantitative estimate of drug-likeness (QED) is 0.578. The van der Waals surface area contributed by atoms with Crippen molar-refractivity contribution in [3.05, 3.63) is 0 Å². The molecule has 88 valence electrons. The van der Waals surface area contributed by atoms with Crippen molar-refractivity contribution >= 4 is 5.91 Å². The van der Waals surface area contributed by atoms with E-state index in [0.717, 1.165) is 6.54 Å². The van der Waals surface area contributed by atoms with Crippen LogP contribution in [0.5, 0.6) is 0 Å². The lowest BCUT2D eigenvalue weighted by molar-refractivity contribution is -0.135. The Balaban J connectivity index is 2.27. The van der Waals surface area contributed by atoms with Crippen LogP contribution in [-0.2, 0) is 9.53 Å². The van der Waals surface area contributed by atoms with E-state index >= 15 is 0 Å². The van der Waals surface area contributed by atoms with Gasteiger partial charge in [0.05, 0.1) is 12.7 Å². The molecule has 1 fully saturated rings. The van der Waals surface area contributed by atoms with Gasteiger partial charge in [-0.05, 0) is 20.3 Å². The zero-order valence-corrected chi connectivity index (χ0v) is 9.32. The number of morpholine rings is 1. The van der Waals surface area contributed by atoms with Gasteiger partial charge in [-0.1, -0.05) is 0 Å². The molecule has 0 aromatic carbocycles. The van der Waals surface area contributed by atoms with E-state index in [1.807, 2.05) is 6.92 Å². The van der Waals surface area contributed by atoms with Crippen LogP contribution in [0.15, 0.2) is 0 Å². The second-order valence-corrected chi connectivity index (χ2v) is 4.06. The summed E-state index contributed by atoms with van der Waals surface area (Å²) in [6, 6.07) is -0.0250. The Morgan fingerprint density at radius 2 is 2.40 bits per heavy atom. The van der Waals surface area contributed by atoms with Crippen molar-refractivity contribution in [1.29, 1.82) is 0 Å². The molecule has 5 heteroatoms. The Hall–Kier alpha value is -0.650. The number of hydrogen-bond acceptors (Lipinski definition) is 4. The van der Waals surface area contributed by atoms with Crippen molar-refractivity contribution in [3.8, 4) is 0 Å². The fraction of sp³-hybridized carbons (Fsp3) is 0.900. The number of aliphatic hydroxyl groups excluding tert-OH is 1. The third-order valence-electron chi connectivity index (χ3n) is 2.30. The summed E-state index contributed by atoms with van der Waals surface area (Å²) >= 11 is 0. The number of aliphatic hydroxyl groups is 1. The van der Waals surface area contributed by atoms with E-state index in [2.05, 4.69) is 10.6 Å². The topological polar surface area (TPSA) is 70.6 Å². The van der Waals surface area contributed by atoms with E-state index in [9.17, 15) is 4.79 Å². The third-order valence-corrected chi connectivity index (χ3v) is 2.30. The van der Waals surface area contributed by atoms with Gasteiger partial charge in [0.1, 0.15) is 6.10 Å². The van der Waals surface area contributed by atoms with Crippen LogP contribution >= 0.6 is 0 Å². The van der Waals surface area contributed by atoms with Crippen LogP contribution in [0.1, 0.15) is 20.3 Å². The lowest BCUT2D eigenvalue weighted by Gasteiger charge is -2.24. The highest BCUT2D eigenvalue weighted by atomic mass is 16.5. The third kappa shape index (κ3) is 4.59. The molecule has 3 atom stereocenters. The van der Waals surface area contributed by atoms with Gasteiger partial charge in [0.25, 0.3) is 5.91 Å². The summed E-state index contributed by atoms with van der Waals surface area (Å²) in [6.45, 7) is 5.52. The molecule has 0 aromatic heterocycles. The zero-order chi connectivity index (χ0) is 11.3. The average Bonchev–Trinajstić information content (AvgIpc) is 2.17. The minimum atomic E-state index is -0.398. The second-order valence-electron chi connectivity index (χ2n) is 4.06. The van der Waals surface area contributed by atoms with Crippen LogP contribution in [0.3, 0.4) is 0 Å². The predicted molar refractivity (Wildman–Crippen MR) is 56.5 cm³/mol. The van der Waals surface area contributed by atoms with Gasteiger partial charge < -0.3 is 20.5 Å². The summed E-state index contributed by atoms with van der Waals surface area (Å²) in [7, 11) is 0. The van der Waals surface area contributed by atoms with Gasteiger partial charge >= 0.3 is 0 Å². The summed E-state index contributed by atoms with van der Waals surface area (Å²) in [5.74, 6) is -0.102. The first-order valence-electron chi connectivity index (χ1n) is 5.40. The number of rotatable bonds is 4. The van der Waals surface area contributed by atoms with Crippen LogP contribution in [0.25, 0.3) is 0 Å². The molecule has 1 amide bonds. The zero-order valence-electron chi connectivity index (χ0n) is 9.32. The smallest absolute Gasteiger partial charge is 0.250 e. The van der Waals surface area contributed by atoms with Crippen molar-refractivity contribution in [3.63, 3.8) is 0 Å². The molecule has 0 aromatic rings. The number of amides is 1. The molecule has 1 aliphatic heterocycles. The molecule has 1 saturated heterocycles. The molecular weight excluding hydrogens is 196 g/mol. The van der Waals surface area contributed by atoms with Crippen molar-refractivity contribution in [1.82, 2.24) is 10.6 Å². The second kappa shape index (κ2) is 6.05. The standard InChI is InChI=1S/C10H20N2O3/c1-7(5-8(2)13)12-10(14)9-6-11-3-4-15-9/h7-9,11,13H,3-6H2,1-2H3,(H,12,14). The Morgan fingerprint density at radius 3 is 2.93 bits per heavy atom. The molecule has 0 saturated carbocycles. The SMILES string of the molecule is CC(O)CC(C)NC(=O)C1CNCCO1. The Bertz CT molecular complexity index is 203. The number of carbonyl (C=O) groups excluding carboxylic acids is 1. The lowest BCUT2D eigenvalue weighted by Crippen LogP contribution is -2.50. The summed E-state index contributed by atoms with van der Waals surface area (Å²) in [4.78, 5) is 11.6. The van der Waals surface area contributed by atoms with Gasteiger partial charge in [-0.15, -0.1) is 0 Å². The minimum Gasteiger partial charge on any atom is -0.393 e. The molecule has 0 radical (unpaired) electrons. The normalized spacial score (nSPS) is 25.7. The van der Waals surface area contributed by atoms with E-state index in [0.29, 0.717) is 19.6 Å². The predicted octanol–water partition coefficient (Wildman–Crippen LogP) is -0.750. The lowest BCUT2D eigenvalue weighted by atomic mass is 10.1. The molecule has 1 rings (SSSR count). The van der Waals surface area contributed by atoms with E-state index in [4.69, 9.17) is 9.84 Å². The van der Waals surface area contributed by atoms with Crippen LogP contribution in [0.4, 0.5) is 0 Å². The summed E-state index contributed by atoms with van der Waals surface area (Å²) in [6.07, 6.45) is -0.229. The van der Waals surface area contributed by atoms with Crippen LogP contribution in [0.2, 0.25) is 0 Å². The Labute approximate surface area is 90.2 Å². The first-order chi connectivity index (χ1) is 7.09. The maximum atomic E-state index is 11.6. The van der Waals surface area contributed by atoms with Gasteiger partial charge in [-0.25, -0.2) is 0 Å². The molecule has 1 heterocycles. The Morgan fingerprint density at radius 1 is 1.67 bits per heavy atom. The molecule has 0 spiro atoms. The van der Waals surface area contributed by atoms with E-state index in [1.54, 1.807) is 6.92 Å². The molecule has 0 bridgehead atoms. The average molecular weight is 216 g/mol. The Kier molecular flexibility index (Phi) is 5.01. The van der Waals surface area contributed by atoms with Gasteiger partial charge in [0, 0.05) is 19.1 Å². The first-order valence-corrected chi connectivity index (χ1v) is 5.40. The van der Waals surface area contributed by atoms with Crippen molar-refractivity contribution in [2.24, 2.45) is 0 Å². The largest absolute Gasteiger partial charge is 0.393 e. The van der Waals surface area contributed by atoms with E-state index < -0.39 is 12.2 Å². The van der Waals surface area contributed by atoms with Crippen LogP contribution < -0.4 is 10.6 Å². The molecule has 5 nitrogen and oxygen atoms in total. The highest BCUT2D eigenvalue weighted by Crippen LogP contribution is 2.00. The summed E-state index contributed by atoms with van der Waals surface area (Å²) in [5.41, 5.74) is 0.